The van der Waals surface area contributed by atoms with Crippen LogP contribution in [0.25, 0.3) is 0 Å². The summed E-state index contributed by atoms with van der Waals surface area (Å²) in [6, 6.07) is 13.0. The van der Waals surface area contributed by atoms with Gasteiger partial charge in [-0.05, 0) is 31.2 Å². The van der Waals surface area contributed by atoms with Gasteiger partial charge in [0.1, 0.15) is 17.4 Å². The summed E-state index contributed by atoms with van der Waals surface area (Å²) in [6.45, 7) is 2.23. The van der Waals surface area contributed by atoms with Gasteiger partial charge in [-0.3, -0.25) is 4.79 Å². The molecule has 0 saturated heterocycles. The molecule has 0 saturated carbocycles. The lowest BCUT2D eigenvalue weighted by atomic mass is 10.2. The number of nitrogens with one attached hydrogen (secondary N) is 2. The second kappa shape index (κ2) is 6.96. The van der Waals surface area contributed by atoms with E-state index in [-0.39, 0.29) is 12.1 Å². The first-order valence-corrected chi connectivity index (χ1v) is 6.43. The molecule has 2 rings (SSSR count). The molecule has 1 amide bonds. The molecule has 0 bridgehead atoms. The molecule has 5 nitrogen and oxygen atoms in total. The van der Waals surface area contributed by atoms with Crippen molar-refractivity contribution in [3.05, 3.63) is 65.8 Å². The van der Waals surface area contributed by atoms with Crippen LogP contribution >= 0.6 is 0 Å². The van der Waals surface area contributed by atoms with E-state index in [1.807, 2.05) is 37.3 Å². The zero-order valence-corrected chi connectivity index (χ0v) is 11.6. The Morgan fingerprint density at radius 3 is 2.71 bits per heavy atom. The van der Waals surface area contributed by atoms with E-state index in [4.69, 9.17) is 9.68 Å². The van der Waals surface area contributed by atoms with Crippen molar-refractivity contribution in [2.24, 2.45) is 0 Å². The number of amides is 1. The summed E-state index contributed by atoms with van der Waals surface area (Å²) >= 11 is 0. The van der Waals surface area contributed by atoms with Gasteiger partial charge in [-0.25, -0.2) is 0 Å². The highest BCUT2D eigenvalue weighted by Gasteiger charge is 2.09. The van der Waals surface area contributed by atoms with E-state index in [2.05, 4.69) is 10.6 Å². The summed E-state index contributed by atoms with van der Waals surface area (Å²) in [4.78, 5) is 11.9. The molecule has 1 aromatic heterocycles. The van der Waals surface area contributed by atoms with Gasteiger partial charge in [0.2, 0.25) is 0 Å². The number of benzene rings is 1. The summed E-state index contributed by atoms with van der Waals surface area (Å²) < 4.78 is 5.11. The Balaban J connectivity index is 1.94. The summed E-state index contributed by atoms with van der Waals surface area (Å²) in [5.74, 6) is 0.181. The van der Waals surface area contributed by atoms with Crippen LogP contribution in [0.2, 0.25) is 0 Å². The summed E-state index contributed by atoms with van der Waals surface area (Å²) in [6.07, 6.45) is 2.92. The highest BCUT2D eigenvalue weighted by atomic mass is 16.3. The van der Waals surface area contributed by atoms with Gasteiger partial charge >= 0.3 is 0 Å². The first-order valence-electron chi connectivity index (χ1n) is 6.43. The normalized spacial score (nSPS) is 10.8. The fraction of sp³-hybridized carbons (Fsp3) is 0.125. The van der Waals surface area contributed by atoms with Crippen molar-refractivity contribution in [3.8, 4) is 6.07 Å². The average molecular weight is 281 g/mol. The Labute approximate surface area is 122 Å². The van der Waals surface area contributed by atoms with Crippen molar-refractivity contribution < 1.29 is 9.21 Å². The third kappa shape index (κ3) is 4.25. The molecular formula is C16H15N3O2. The topological polar surface area (TPSA) is 78.1 Å². The van der Waals surface area contributed by atoms with E-state index in [0.717, 1.165) is 11.3 Å². The Morgan fingerprint density at radius 2 is 2.10 bits per heavy atom. The highest BCUT2D eigenvalue weighted by molar-refractivity contribution is 5.97. The van der Waals surface area contributed by atoms with Crippen LogP contribution in [0.5, 0.6) is 0 Å². The lowest BCUT2D eigenvalue weighted by molar-refractivity contribution is -0.117. The van der Waals surface area contributed by atoms with Gasteiger partial charge < -0.3 is 15.1 Å². The van der Waals surface area contributed by atoms with Crippen LogP contribution < -0.4 is 10.6 Å². The fourth-order valence-electron chi connectivity index (χ4n) is 1.63. The second-order valence-corrected chi connectivity index (χ2v) is 4.44. The molecule has 0 spiro atoms. The lowest BCUT2D eigenvalue weighted by Gasteiger charge is -2.04. The van der Waals surface area contributed by atoms with Gasteiger partial charge in [-0.15, -0.1) is 0 Å². The quantitative estimate of drug-likeness (QED) is 0.652. The number of carbonyl (C=O) groups is 1. The Hall–Kier alpha value is -3.00. The van der Waals surface area contributed by atoms with Crippen molar-refractivity contribution >= 4 is 11.6 Å². The monoisotopic (exact) mass is 281 g/mol. The fourth-order valence-corrected chi connectivity index (χ4v) is 1.63. The van der Waals surface area contributed by atoms with Gasteiger partial charge in [-0.2, -0.15) is 5.26 Å². The minimum Gasteiger partial charge on any atom is -0.467 e. The Kier molecular flexibility index (Phi) is 4.78. The third-order valence-corrected chi connectivity index (χ3v) is 2.80. The first-order chi connectivity index (χ1) is 10.2. The van der Waals surface area contributed by atoms with Gasteiger partial charge in [0.25, 0.3) is 5.91 Å². The zero-order valence-electron chi connectivity index (χ0n) is 11.6. The summed E-state index contributed by atoms with van der Waals surface area (Å²) in [5.41, 5.74) is 1.95. The van der Waals surface area contributed by atoms with E-state index in [0.29, 0.717) is 5.76 Å². The largest absolute Gasteiger partial charge is 0.467 e. The van der Waals surface area contributed by atoms with Gasteiger partial charge in [0, 0.05) is 11.9 Å². The lowest BCUT2D eigenvalue weighted by Crippen LogP contribution is -2.24. The van der Waals surface area contributed by atoms with Crippen LogP contribution in [-0.2, 0) is 11.3 Å². The molecule has 0 radical (unpaired) electrons. The van der Waals surface area contributed by atoms with Crippen molar-refractivity contribution in [1.82, 2.24) is 5.32 Å². The average Bonchev–Trinajstić information content (AvgIpc) is 3.01. The van der Waals surface area contributed by atoms with Gasteiger partial charge in [-0.1, -0.05) is 17.7 Å². The molecule has 0 aliphatic rings. The number of carbonyl (C=O) groups excluding carboxylic acids is 1. The van der Waals surface area contributed by atoms with E-state index < -0.39 is 5.91 Å². The number of nitriles is 1. The zero-order chi connectivity index (χ0) is 15.1. The van der Waals surface area contributed by atoms with Gasteiger partial charge in [0.15, 0.2) is 0 Å². The van der Waals surface area contributed by atoms with E-state index >= 15 is 0 Å². The number of furan rings is 1. The maximum Gasteiger partial charge on any atom is 0.263 e. The maximum atomic E-state index is 11.9. The van der Waals surface area contributed by atoms with Crippen molar-refractivity contribution in [3.63, 3.8) is 0 Å². The molecule has 0 unspecified atom stereocenters. The number of aryl methyl sites for hydroxylation is 1. The molecule has 5 heteroatoms. The van der Waals surface area contributed by atoms with Crippen LogP contribution in [0.4, 0.5) is 5.69 Å². The van der Waals surface area contributed by atoms with Gasteiger partial charge in [0.05, 0.1) is 12.8 Å². The molecule has 21 heavy (non-hydrogen) atoms. The number of anilines is 1. The smallest absolute Gasteiger partial charge is 0.263 e. The van der Waals surface area contributed by atoms with Crippen LogP contribution in [0.3, 0.4) is 0 Å². The van der Waals surface area contributed by atoms with Crippen LogP contribution in [0, 0.1) is 18.3 Å². The maximum absolute atomic E-state index is 11.9. The van der Waals surface area contributed by atoms with Crippen molar-refractivity contribution in [1.29, 1.82) is 5.26 Å². The number of rotatable bonds is 5. The molecule has 1 aromatic carbocycles. The summed E-state index contributed by atoms with van der Waals surface area (Å²) in [7, 11) is 0. The second-order valence-electron chi connectivity index (χ2n) is 4.44. The third-order valence-electron chi connectivity index (χ3n) is 2.80. The SMILES string of the molecule is Cc1ccc(N/C=C(/C#N)C(=O)NCc2ccco2)cc1. The van der Waals surface area contributed by atoms with E-state index in [1.165, 1.54) is 12.5 Å². The van der Waals surface area contributed by atoms with Crippen LogP contribution in [-0.4, -0.2) is 5.91 Å². The molecule has 0 aliphatic heterocycles. The number of hydrogen-bond acceptors (Lipinski definition) is 4. The Morgan fingerprint density at radius 1 is 1.33 bits per heavy atom. The molecule has 2 aromatic rings. The summed E-state index contributed by atoms with van der Waals surface area (Å²) in [5, 5.41) is 14.6. The molecule has 0 aliphatic carbocycles. The molecule has 1 heterocycles. The standard InChI is InChI=1S/C16H15N3O2/c1-12-4-6-14(7-5-12)18-10-13(9-17)16(20)19-11-15-3-2-8-21-15/h2-8,10,18H,11H2,1H3,(H,19,20)/b13-10-. The molecule has 0 fully saturated rings. The minimum absolute atomic E-state index is 0.00197. The van der Waals surface area contributed by atoms with Crippen LogP contribution in [0.1, 0.15) is 11.3 Å². The number of hydrogen-bond donors (Lipinski definition) is 2. The predicted molar refractivity (Wildman–Crippen MR) is 79.1 cm³/mol. The first kappa shape index (κ1) is 14.4. The minimum atomic E-state index is -0.450. The molecule has 106 valence electrons. The van der Waals surface area contributed by atoms with Crippen LogP contribution in [0.15, 0.2) is 58.9 Å². The van der Waals surface area contributed by atoms with Crippen molar-refractivity contribution in [2.75, 3.05) is 5.32 Å². The highest BCUT2D eigenvalue weighted by Crippen LogP contribution is 2.09. The Bertz CT molecular complexity index is 665. The molecular weight excluding hydrogens is 266 g/mol. The predicted octanol–water partition coefficient (Wildman–Crippen LogP) is 2.72. The molecule has 0 atom stereocenters. The van der Waals surface area contributed by atoms with E-state index in [9.17, 15) is 4.79 Å². The molecule has 2 N–H and O–H groups in total. The number of nitrogens with zero attached hydrogens (tertiary/aromatic N) is 1. The van der Waals surface area contributed by atoms with E-state index in [1.54, 1.807) is 12.1 Å². The van der Waals surface area contributed by atoms with Crippen molar-refractivity contribution in [2.45, 2.75) is 13.5 Å².